The van der Waals surface area contributed by atoms with E-state index in [9.17, 15) is 4.79 Å². The standard InChI is InChI=1S/C9H12N2O3S.C5H5NS.H3N.V/c10-7-3-1-2-4-8(7)11-14-9(12)13-5-6-15;7-5-3-1-2-4-6-5;;/h1-4,11,15H,5-6,10H2;1-4H,(H,6,7);1H3;. The Kier molecular flexibility index (Phi) is 15.3. The summed E-state index contributed by atoms with van der Waals surface area (Å²) in [7, 11) is 0. The second-order valence-corrected chi connectivity index (χ2v) is 4.73. The molecule has 0 aliphatic rings. The summed E-state index contributed by atoms with van der Waals surface area (Å²) in [6, 6.07) is 12.6. The first-order valence-corrected chi connectivity index (χ1v) is 7.36. The Morgan fingerprint density at radius 1 is 1.25 bits per heavy atom. The summed E-state index contributed by atoms with van der Waals surface area (Å²) in [5.41, 5.74) is 9.00. The molecule has 0 amide bonds. The van der Waals surface area contributed by atoms with Crippen molar-refractivity contribution in [3.05, 3.63) is 53.3 Å². The number of benzene rings is 1. The Labute approximate surface area is 163 Å². The molecule has 0 spiro atoms. The molecule has 0 saturated carbocycles. The van der Waals surface area contributed by atoms with Crippen LogP contribution in [0.5, 0.6) is 0 Å². The second kappa shape index (κ2) is 14.9. The van der Waals surface area contributed by atoms with Crippen molar-refractivity contribution in [2.24, 2.45) is 0 Å². The third-order valence-electron chi connectivity index (χ3n) is 2.20. The minimum absolute atomic E-state index is 0. The number of ether oxygens (including phenoxy) is 1. The number of nitrogen functional groups attached to an aromatic ring is 1. The molecule has 7 nitrogen and oxygen atoms in total. The number of H-pyrrole nitrogens is 1. The monoisotopic (exact) mass is 407 g/mol. The first kappa shape index (κ1) is 24.6. The van der Waals surface area contributed by atoms with Gasteiger partial charge in [0.2, 0.25) is 0 Å². The van der Waals surface area contributed by atoms with E-state index in [1.165, 1.54) is 0 Å². The number of anilines is 2. The summed E-state index contributed by atoms with van der Waals surface area (Å²) >= 11 is 8.63. The summed E-state index contributed by atoms with van der Waals surface area (Å²) in [4.78, 5) is 18.3. The number of hydrogen-bond acceptors (Lipinski definition) is 8. The normalized spacial score (nSPS) is 8.38. The van der Waals surface area contributed by atoms with Gasteiger partial charge in [0, 0.05) is 30.5 Å². The van der Waals surface area contributed by atoms with Crippen molar-refractivity contribution in [2.75, 3.05) is 23.6 Å². The Balaban J connectivity index is 0. The number of nitrogens with two attached hydrogens (primary N) is 1. The van der Waals surface area contributed by atoms with Gasteiger partial charge in [-0.25, -0.2) is 10.3 Å². The number of pyridine rings is 1. The third kappa shape index (κ3) is 11.0. The maximum Gasteiger partial charge on any atom is 0.533 e. The van der Waals surface area contributed by atoms with E-state index in [0.717, 1.165) is 4.64 Å². The van der Waals surface area contributed by atoms with Crippen LogP contribution in [0.4, 0.5) is 16.2 Å². The number of carbonyl (C=O) groups is 1. The van der Waals surface area contributed by atoms with Gasteiger partial charge in [-0.15, -0.1) is 0 Å². The molecule has 1 aromatic carbocycles. The molecule has 7 N–H and O–H groups in total. The summed E-state index contributed by atoms with van der Waals surface area (Å²) in [6.45, 7) is 0.202. The number of aromatic nitrogens is 1. The summed E-state index contributed by atoms with van der Waals surface area (Å²) in [5.74, 6) is 0.447. The molecule has 2 aromatic rings. The molecular weight excluding hydrogens is 387 g/mol. The molecule has 2 rings (SSSR count). The number of rotatable bonds is 4. The van der Waals surface area contributed by atoms with Gasteiger partial charge in [0.25, 0.3) is 0 Å². The van der Waals surface area contributed by atoms with Crippen LogP contribution in [0.2, 0.25) is 0 Å². The minimum Gasteiger partial charge on any atom is -0.432 e. The second-order valence-electron chi connectivity index (χ2n) is 3.84. The van der Waals surface area contributed by atoms with Crippen molar-refractivity contribution in [1.29, 1.82) is 0 Å². The van der Waals surface area contributed by atoms with Gasteiger partial charge in [0.1, 0.15) is 11.2 Å². The topological polar surface area (TPSA) is 124 Å². The molecule has 1 heterocycles. The molecule has 1 aromatic heterocycles. The Morgan fingerprint density at radius 2 is 1.92 bits per heavy atom. The fourth-order valence-corrected chi connectivity index (χ4v) is 1.46. The smallest absolute Gasteiger partial charge is 0.432 e. The minimum atomic E-state index is -0.813. The van der Waals surface area contributed by atoms with Crippen LogP contribution < -0.4 is 17.4 Å². The van der Waals surface area contributed by atoms with E-state index in [0.29, 0.717) is 17.1 Å². The average molecular weight is 407 g/mol. The van der Waals surface area contributed by atoms with Gasteiger partial charge in [-0.2, -0.15) is 12.6 Å². The van der Waals surface area contributed by atoms with E-state index >= 15 is 0 Å². The zero-order valence-electron chi connectivity index (χ0n) is 12.8. The molecule has 10 heteroatoms. The maximum atomic E-state index is 10.9. The van der Waals surface area contributed by atoms with E-state index in [1.54, 1.807) is 24.3 Å². The van der Waals surface area contributed by atoms with Crippen molar-refractivity contribution in [2.45, 2.75) is 0 Å². The SMILES string of the molecule is N.Nc1ccccc1NOC(=O)OCCS.S=c1cccc[nH]1.[V]. The van der Waals surface area contributed by atoms with Crippen LogP contribution in [0, 0.1) is 4.64 Å². The molecule has 0 fully saturated rings. The number of nitrogens with one attached hydrogen (secondary N) is 2. The van der Waals surface area contributed by atoms with Crippen molar-refractivity contribution in [3.63, 3.8) is 0 Å². The van der Waals surface area contributed by atoms with Gasteiger partial charge in [-0.1, -0.05) is 30.4 Å². The fraction of sp³-hybridized carbons (Fsp3) is 0.143. The molecule has 24 heavy (non-hydrogen) atoms. The maximum absolute atomic E-state index is 10.9. The average Bonchev–Trinajstić information content (AvgIpc) is 2.53. The molecule has 131 valence electrons. The zero-order valence-corrected chi connectivity index (χ0v) is 16.0. The molecule has 0 aliphatic carbocycles. The Hall–Kier alpha value is -1.65. The van der Waals surface area contributed by atoms with E-state index in [-0.39, 0.29) is 31.3 Å². The van der Waals surface area contributed by atoms with Crippen molar-refractivity contribution in [1.82, 2.24) is 11.1 Å². The molecule has 0 atom stereocenters. The van der Waals surface area contributed by atoms with Crippen LogP contribution in [-0.4, -0.2) is 23.5 Å². The van der Waals surface area contributed by atoms with Crippen LogP contribution in [0.15, 0.2) is 48.7 Å². The van der Waals surface area contributed by atoms with Gasteiger partial charge in [-0.3, -0.25) is 0 Å². The number of hydrogen-bond donors (Lipinski definition) is 5. The van der Waals surface area contributed by atoms with E-state index in [2.05, 4.69) is 32.7 Å². The van der Waals surface area contributed by atoms with Crippen LogP contribution >= 0.6 is 24.8 Å². The van der Waals surface area contributed by atoms with Gasteiger partial charge >= 0.3 is 6.16 Å². The predicted octanol–water partition coefficient (Wildman–Crippen LogP) is 3.58. The number of carbonyl (C=O) groups excluding carboxylic acids is 1. The van der Waals surface area contributed by atoms with Gasteiger partial charge < -0.3 is 26.4 Å². The van der Waals surface area contributed by atoms with E-state index in [4.69, 9.17) is 18.0 Å². The van der Waals surface area contributed by atoms with Crippen molar-refractivity contribution < 1.29 is 32.9 Å². The molecule has 0 unspecified atom stereocenters. The largest absolute Gasteiger partial charge is 0.533 e. The number of thiol groups is 1. The molecule has 0 aliphatic heterocycles. The summed E-state index contributed by atoms with van der Waals surface area (Å²) in [5, 5.41) is 0. The van der Waals surface area contributed by atoms with Crippen LogP contribution in [-0.2, 0) is 28.1 Å². The Morgan fingerprint density at radius 3 is 2.42 bits per heavy atom. The van der Waals surface area contributed by atoms with Gasteiger partial charge in [0.05, 0.1) is 11.4 Å². The van der Waals surface area contributed by atoms with E-state index in [1.807, 2.05) is 24.4 Å². The molecule has 0 saturated heterocycles. The molecule has 0 bridgehead atoms. The first-order chi connectivity index (χ1) is 10.6. The van der Waals surface area contributed by atoms with E-state index < -0.39 is 6.16 Å². The third-order valence-corrected chi connectivity index (χ3v) is 2.63. The zero-order chi connectivity index (χ0) is 16.2. The first-order valence-electron chi connectivity index (χ1n) is 6.32. The quantitative estimate of drug-likeness (QED) is 0.172. The number of aromatic amines is 1. The van der Waals surface area contributed by atoms with Crippen LogP contribution in [0.25, 0.3) is 0 Å². The van der Waals surface area contributed by atoms with Crippen LogP contribution in [0.3, 0.4) is 0 Å². The Bertz CT molecular complexity index is 626. The molecular formula is C14H20N4O3S2V. The summed E-state index contributed by atoms with van der Waals surface area (Å²) < 4.78 is 5.39. The number of para-hydroxylation sites is 2. The predicted molar refractivity (Wildman–Crippen MR) is 97.4 cm³/mol. The van der Waals surface area contributed by atoms with Crippen LogP contribution in [0.1, 0.15) is 0 Å². The molecule has 1 radical (unpaired) electrons. The summed E-state index contributed by atoms with van der Waals surface area (Å²) in [6.07, 6.45) is 0.995. The van der Waals surface area contributed by atoms with Gasteiger partial charge in [0.15, 0.2) is 0 Å². The van der Waals surface area contributed by atoms with Crippen molar-refractivity contribution >= 4 is 42.4 Å². The van der Waals surface area contributed by atoms with Gasteiger partial charge in [-0.05, 0) is 24.3 Å². The van der Waals surface area contributed by atoms with Crippen molar-refractivity contribution in [3.8, 4) is 0 Å². The fourth-order valence-electron chi connectivity index (χ4n) is 1.22.